The quantitative estimate of drug-likeness (QED) is 0.870. The Morgan fingerprint density at radius 3 is 2.38 bits per heavy atom. The molecule has 24 heavy (non-hydrogen) atoms. The van der Waals surface area contributed by atoms with Gasteiger partial charge in [0.15, 0.2) is 0 Å². The van der Waals surface area contributed by atoms with Crippen molar-refractivity contribution in [2.45, 2.75) is 44.6 Å². The molecule has 1 aliphatic heterocycles. The number of carbonyl (C=O) groups is 1. The first kappa shape index (κ1) is 17.1. The smallest absolute Gasteiger partial charge is 0.221 e. The number of benzene rings is 1. The first-order valence-corrected chi connectivity index (χ1v) is 9.26. The van der Waals surface area contributed by atoms with Crippen LogP contribution < -0.4 is 10.2 Å². The Hall–Kier alpha value is -1.75. The summed E-state index contributed by atoms with van der Waals surface area (Å²) < 4.78 is 0. The molecule has 1 aliphatic carbocycles. The third-order valence-corrected chi connectivity index (χ3v) is 5.21. The van der Waals surface area contributed by atoms with E-state index in [9.17, 15) is 9.90 Å². The maximum Gasteiger partial charge on any atom is 0.221 e. The van der Waals surface area contributed by atoms with Crippen molar-refractivity contribution >= 4 is 11.6 Å². The number of amides is 1. The van der Waals surface area contributed by atoms with Crippen LogP contribution in [0.4, 0.5) is 5.69 Å². The highest BCUT2D eigenvalue weighted by Crippen LogP contribution is 2.20. The summed E-state index contributed by atoms with van der Waals surface area (Å²) in [5, 5.41) is 12.6. The number of phenols is 1. The van der Waals surface area contributed by atoms with Crippen LogP contribution in [0.15, 0.2) is 24.3 Å². The number of nitrogens with one attached hydrogen (secondary N) is 1. The third-order valence-electron chi connectivity index (χ3n) is 5.21. The van der Waals surface area contributed by atoms with E-state index in [-0.39, 0.29) is 5.91 Å². The van der Waals surface area contributed by atoms with Crippen LogP contribution in [0.5, 0.6) is 5.75 Å². The average Bonchev–Trinajstić information content (AvgIpc) is 2.62. The van der Waals surface area contributed by atoms with E-state index in [4.69, 9.17) is 0 Å². The molecular weight excluding hydrogens is 302 g/mol. The summed E-state index contributed by atoms with van der Waals surface area (Å²) in [4.78, 5) is 16.8. The van der Waals surface area contributed by atoms with E-state index in [1.165, 1.54) is 19.3 Å². The van der Waals surface area contributed by atoms with Gasteiger partial charge in [0.25, 0.3) is 0 Å². The predicted molar refractivity (Wildman–Crippen MR) is 96.4 cm³/mol. The number of rotatable bonds is 5. The highest BCUT2D eigenvalue weighted by atomic mass is 16.3. The van der Waals surface area contributed by atoms with Crippen molar-refractivity contribution in [3.05, 3.63) is 24.3 Å². The normalized spacial score (nSPS) is 20.1. The van der Waals surface area contributed by atoms with Crippen LogP contribution in [0.3, 0.4) is 0 Å². The minimum absolute atomic E-state index is 0.211. The maximum atomic E-state index is 12.1. The van der Waals surface area contributed by atoms with Gasteiger partial charge in [0.05, 0.1) is 0 Å². The molecule has 1 aromatic carbocycles. The Morgan fingerprint density at radius 2 is 1.71 bits per heavy atom. The van der Waals surface area contributed by atoms with Crippen molar-refractivity contribution in [2.75, 3.05) is 37.6 Å². The molecule has 1 saturated carbocycles. The van der Waals surface area contributed by atoms with Gasteiger partial charge in [-0.25, -0.2) is 0 Å². The van der Waals surface area contributed by atoms with Crippen molar-refractivity contribution in [2.24, 2.45) is 0 Å². The first-order valence-electron chi connectivity index (χ1n) is 9.26. The number of aromatic hydroxyl groups is 1. The lowest BCUT2D eigenvalue weighted by Crippen LogP contribution is -2.47. The highest BCUT2D eigenvalue weighted by Gasteiger charge is 2.19. The number of nitrogens with zero attached hydrogens (tertiary/aromatic N) is 2. The van der Waals surface area contributed by atoms with E-state index in [2.05, 4.69) is 15.1 Å². The fourth-order valence-electron chi connectivity index (χ4n) is 3.70. The molecule has 5 heteroatoms. The van der Waals surface area contributed by atoms with Crippen molar-refractivity contribution in [1.29, 1.82) is 0 Å². The second-order valence-electron chi connectivity index (χ2n) is 7.00. The number of carbonyl (C=O) groups excluding carboxylic acids is 1. The lowest BCUT2D eigenvalue weighted by atomic mass is 9.95. The molecule has 1 saturated heterocycles. The topological polar surface area (TPSA) is 55.8 Å². The summed E-state index contributed by atoms with van der Waals surface area (Å²) in [6.07, 6.45) is 6.73. The van der Waals surface area contributed by atoms with Gasteiger partial charge >= 0.3 is 0 Å². The molecule has 0 unspecified atom stereocenters. The maximum absolute atomic E-state index is 12.1. The molecule has 3 rings (SSSR count). The Labute approximate surface area is 144 Å². The van der Waals surface area contributed by atoms with Gasteiger partial charge in [-0.3, -0.25) is 9.69 Å². The van der Waals surface area contributed by atoms with Crippen LogP contribution in [0.1, 0.15) is 38.5 Å². The van der Waals surface area contributed by atoms with Gasteiger partial charge in [0.2, 0.25) is 5.91 Å². The lowest BCUT2D eigenvalue weighted by Gasteiger charge is -2.36. The lowest BCUT2D eigenvalue weighted by molar-refractivity contribution is -0.122. The summed E-state index contributed by atoms with van der Waals surface area (Å²) >= 11 is 0. The monoisotopic (exact) mass is 331 g/mol. The zero-order valence-corrected chi connectivity index (χ0v) is 14.4. The second-order valence-corrected chi connectivity index (χ2v) is 7.00. The number of piperazine rings is 1. The Morgan fingerprint density at radius 1 is 1.04 bits per heavy atom. The molecule has 0 radical (unpaired) electrons. The van der Waals surface area contributed by atoms with E-state index in [1.807, 2.05) is 12.1 Å². The summed E-state index contributed by atoms with van der Waals surface area (Å²) in [5.74, 6) is 0.518. The van der Waals surface area contributed by atoms with Crippen LogP contribution >= 0.6 is 0 Å². The van der Waals surface area contributed by atoms with Crippen LogP contribution in [-0.4, -0.2) is 54.7 Å². The largest absolute Gasteiger partial charge is 0.508 e. The van der Waals surface area contributed by atoms with E-state index in [1.54, 1.807) is 12.1 Å². The highest BCUT2D eigenvalue weighted by molar-refractivity contribution is 5.76. The van der Waals surface area contributed by atoms with Gasteiger partial charge < -0.3 is 15.3 Å². The fraction of sp³-hybridized carbons (Fsp3) is 0.632. The summed E-state index contributed by atoms with van der Waals surface area (Å²) in [6.45, 7) is 4.75. The van der Waals surface area contributed by atoms with Crippen molar-refractivity contribution in [3.63, 3.8) is 0 Å². The van der Waals surface area contributed by atoms with E-state index < -0.39 is 0 Å². The Bertz CT molecular complexity index is 518. The van der Waals surface area contributed by atoms with E-state index in [0.717, 1.165) is 51.3 Å². The molecule has 1 aromatic rings. The average molecular weight is 331 g/mol. The number of hydrogen-bond acceptors (Lipinski definition) is 4. The molecule has 2 fully saturated rings. The van der Waals surface area contributed by atoms with Gasteiger partial charge in [-0.05, 0) is 37.1 Å². The summed E-state index contributed by atoms with van der Waals surface area (Å²) in [7, 11) is 0. The Kier molecular flexibility index (Phi) is 5.96. The van der Waals surface area contributed by atoms with Crippen molar-refractivity contribution < 1.29 is 9.90 Å². The summed E-state index contributed by atoms with van der Waals surface area (Å²) in [6, 6.07) is 7.80. The zero-order valence-electron chi connectivity index (χ0n) is 14.4. The van der Waals surface area contributed by atoms with Crippen molar-refractivity contribution in [1.82, 2.24) is 10.2 Å². The van der Waals surface area contributed by atoms with Gasteiger partial charge in [0.1, 0.15) is 5.75 Å². The van der Waals surface area contributed by atoms with Gasteiger partial charge in [-0.1, -0.05) is 19.3 Å². The predicted octanol–water partition coefficient (Wildman–Crippen LogP) is 2.35. The van der Waals surface area contributed by atoms with Crippen LogP contribution in [0.25, 0.3) is 0 Å². The van der Waals surface area contributed by atoms with Crippen LogP contribution in [-0.2, 0) is 4.79 Å². The zero-order chi connectivity index (χ0) is 16.8. The minimum Gasteiger partial charge on any atom is -0.508 e. The molecule has 0 aromatic heterocycles. The molecule has 2 N–H and O–H groups in total. The molecule has 132 valence electrons. The van der Waals surface area contributed by atoms with E-state index >= 15 is 0 Å². The van der Waals surface area contributed by atoms with Gasteiger partial charge in [0, 0.05) is 50.9 Å². The molecule has 0 spiro atoms. The molecule has 5 nitrogen and oxygen atoms in total. The van der Waals surface area contributed by atoms with Gasteiger partial charge in [-0.2, -0.15) is 0 Å². The third kappa shape index (κ3) is 4.87. The number of hydrogen-bond donors (Lipinski definition) is 2. The molecule has 0 bridgehead atoms. The molecule has 2 aliphatic rings. The fourth-order valence-corrected chi connectivity index (χ4v) is 3.70. The SMILES string of the molecule is O=C(CCN1CCN(c2ccc(O)cc2)CC1)NC1CCCCC1. The number of anilines is 1. The van der Waals surface area contributed by atoms with Gasteiger partial charge in [-0.15, -0.1) is 0 Å². The van der Waals surface area contributed by atoms with Crippen molar-refractivity contribution in [3.8, 4) is 5.75 Å². The van der Waals surface area contributed by atoms with E-state index in [0.29, 0.717) is 18.2 Å². The minimum atomic E-state index is 0.211. The summed E-state index contributed by atoms with van der Waals surface area (Å²) in [5.41, 5.74) is 1.16. The number of phenolic OH excluding ortho intramolecular Hbond substituents is 1. The second kappa shape index (κ2) is 8.38. The Balaban J connectivity index is 1.36. The molecular formula is C19H29N3O2. The van der Waals surface area contributed by atoms with Crippen LogP contribution in [0.2, 0.25) is 0 Å². The molecule has 1 heterocycles. The molecule has 0 atom stereocenters. The molecule has 1 amide bonds. The standard InChI is InChI=1S/C19H29N3O2/c23-18-8-6-17(7-9-18)22-14-12-21(13-15-22)11-10-19(24)20-16-4-2-1-3-5-16/h6-9,16,23H,1-5,10-15H2,(H,20,24). The van der Waals surface area contributed by atoms with Crippen LogP contribution in [0, 0.1) is 0 Å². The first-order chi connectivity index (χ1) is 11.7.